The highest BCUT2D eigenvalue weighted by Crippen LogP contribution is 2.06. The Kier molecular flexibility index (Phi) is 12.2. The van der Waals surface area contributed by atoms with Crippen LogP contribution in [-0.4, -0.2) is 4.98 Å². The zero-order chi connectivity index (χ0) is 13.0. The average Bonchev–Trinajstić information content (AvgIpc) is 2.76. The summed E-state index contributed by atoms with van der Waals surface area (Å²) < 4.78 is 4.76. The number of nitrogens with one attached hydrogen (secondary N) is 1. The lowest BCUT2D eigenvalue weighted by Gasteiger charge is -1.79. The largest absolute Gasteiger partial charge is 0.417 e. The number of para-hydroxylation sites is 2. The van der Waals surface area contributed by atoms with Gasteiger partial charge in [0.15, 0.2) is 5.58 Å². The molecular weight excluding hydrogens is 202 g/mol. The Balaban J connectivity index is 0. The van der Waals surface area contributed by atoms with Crippen LogP contribution >= 0.6 is 0 Å². The fourth-order valence-corrected chi connectivity index (χ4v) is 0.894. The van der Waals surface area contributed by atoms with Gasteiger partial charge < -0.3 is 4.42 Å². The van der Waals surface area contributed by atoms with Gasteiger partial charge in [-0.05, 0) is 12.1 Å². The second-order valence-electron chi connectivity index (χ2n) is 2.01. The summed E-state index contributed by atoms with van der Waals surface area (Å²) >= 11 is 0. The maximum absolute atomic E-state index is 10.6. The number of aromatic nitrogens is 1. The van der Waals surface area contributed by atoms with E-state index in [4.69, 9.17) is 4.42 Å². The van der Waals surface area contributed by atoms with Crippen molar-refractivity contribution in [3.05, 3.63) is 34.8 Å². The Morgan fingerprint density at radius 2 is 1.44 bits per heavy atom. The van der Waals surface area contributed by atoms with Crippen molar-refractivity contribution in [1.29, 1.82) is 0 Å². The van der Waals surface area contributed by atoms with Gasteiger partial charge in [-0.2, -0.15) is 0 Å². The predicted octanol–water partition coefficient (Wildman–Crippen LogP) is 4.20. The topological polar surface area (TPSA) is 46.0 Å². The summed E-state index contributed by atoms with van der Waals surface area (Å²) in [5, 5.41) is 0. The molecule has 1 heterocycles. The van der Waals surface area contributed by atoms with E-state index < -0.39 is 5.76 Å². The van der Waals surface area contributed by atoms with E-state index in [0.717, 1.165) is 5.52 Å². The molecule has 3 nitrogen and oxygen atoms in total. The van der Waals surface area contributed by atoms with Gasteiger partial charge in [-0.15, -0.1) is 0 Å². The highest BCUT2D eigenvalue weighted by molar-refractivity contribution is 5.71. The minimum atomic E-state index is -0.402. The summed E-state index contributed by atoms with van der Waals surface area (Å²) in [5.41, 5.74) is 1.35. The van der Waals surface area contributed by atoms with Gasteiger partial charge in [0.2, 0.25) is 0 Å². The third-order valence-corrected chi connectivity index (χ3v) is 1.33. The molecule has 0 unspecified atom stereocenters. The lowest BCUT2D eigenvalue weighted by Crippen LogP contribution is -1.92. The molecule has 2 rings (SSSR count). The SMILES string of the molecule is CC.CC.CC.O=c1[nH]c2ccccc2o1. The Morgan fingerprint density at radius 1 is 0.938 bits per heavy atom. The van der Waals surface area contributed by atoms with Crippen molar-refractivity contribution in [2.45, 2.75) is 41.5 Å². The molecule has 0 spiro atoms. The van der Waals surface area contributed by atoms with Crippen molar-refractivity contribution in [3.8, 4) is 0 Å². The van der Waals surface area contributed by atoms with E-state index in [-0.39, 0.29) is 0 Å². The van der Waals surface area contributed by atoms with E-state index in [2.05, 4.69) is 4.98 Å². The number of H-pyrrole nitrogens is 1. The summed E-state index contributed by atoms with van der Waals surface area (Å²) in [7, 11) is 0. The first-order valence-corrected chi connectivity index (χ1v) is 5.94. The van der Waals surface area contributed by atoms with Gasteiger partial charge in [-0.1, -0.05) is 53.7 Å². The molecule has 16 heavy (non-hydrogen) atoms. The second kappa shape index (κ2) is 11.6. The summed E-state index contributed by atoms with van der Waals surface area (Å²) in [6, 6.07) is 7.19. The highest BCUT2D eigenvalue weighted by Gasteiger charge is 1.95. The first kappa shape index (κ1) is 16.9. The molecule has 0 saturated carbocycles. The first-order valence-electron chi connectivity index (χ1n) is 5.94. The molecule has 0 bridgehead atoms. The molecule has 1 aromatic carbocycles. The molecule has 0 aliphatic heterocycles. The summed E-state index contributed by atoms with van der Waals surface area (Å²) in [6.45, 7) is 12.0. The van der Waals surface area contributed by atoms with E-state index in [0.29, 0.717) is 5.58 Å². The monoisotopic (exact) mass is 225 g/mol. The normalized spacial score (nSPS) is 7.62. The molecule has 0 aliphatic carbocycles. The number of hydrogen-bond acceptors (Lipinski definition) is 2. The van der Waals surface area contributed by atoms with Crippen molar-refractivity contribution in [2.24, 2.45) is 0 Å². The van der Waals surface area contributed by atoms with Gasteiger partial charge in [0.05, 0.1) is 5.52 Å². The van der Waals surface area contributed by atoms with Gasteiger partial charge in [-0.25, -0.2) is 4.79 Å². The van der Waals surface area contributed by atoms with Gasteiger partial charge in [-0.3, -0.25) is 4.98 Å². The smallest absolute Gasteiger partial charge is 0.408 e. The van der Waals surface area contributed by atoms with Crippen LogP contribution in [0, 0.1) is 0 Å². The molecular formula is C13H23NO2. The van der Waals surface area contributed by atoms with Crippen molar-refractivity contribution in [1.82, 2.24) is 4.98 Å². The quantitative estimate of drug-likeness (QED) is 0.730. The number of aromatic amines is 1. The van der Waals surface area contributed by atoms with Crippen LogP contribution in [0.3, 0.4) is 0 Å². The van der Waals surface area contributed by atoms with Crippen LogP contribution in [0.25, 0.3) is 11.1 Å². The molecule has 0 atom stereocenters. The van der Waals surface area contributed by atoms with Crippen LogP contribution in [0.5, 0.6) is 0 Å². The highest BCUT2D eigenvalue weighted by atomic mass is 16.4. The van der Waals surface area contributed by atoms with E-state index in [1.807, 2.05) is 53.7 Å². The van der Waals surface area contributed by atoms with Crippen LogP contribution in [0.1, 0.15) is 41.5 Å². The Labute approximate surface area is 97.5 Å². The van der Waals surface area contributed by atoms with Crippen LogP contribution in [0.15, 0.2) is 33.5 Å². The van der Waals surface area contributed by atoms with Crippen LogP contribution in [0.2, 0.25) is 0 Å². The minimum absolute atomic E-state index is 0.402. The summed E-state index contributed by atoms with van der Waals surface area (Å²) in [6.07, 6.45) is 0. The standard InChI is InChI=1S/C7H5NO2.3C2H6/c9-7-8-5-3-1-2-4-6(5)10-7;3*1-2/h1-4H,(H,8,9);3*1-2H3. The molecule has 0 aliphatic rings. The van der Waals surface area contributed by atoms with E-state index in [9.17, 15) is 4.79 Å². The summed E-state index contributed by atoms with van der Waals surface area (Å²) in [4.78, 5) is 13.1. The van der Waals surface area contributed by atoms with Gasteiger partial charge >= 0.3 is 5.76 Å². The zero-order valence-corrected chi connectivity index (χ0v) is 11.1. The Hall–Kier alpha value is -1.51. The lowest BCUT2D eigenvalue weighted by molar-refractivity contribution is 0.555. The van der Waals surface area contributed by atoms with Crippen molar-refractivity contribution >= 4 is 11.1 Å². The van der Waals surface area contributed by atoms with Crippen LogP contribution < -0.4 is 5.76 Å². The number of fused-ring (bicyclic) bond motifs is 1. The third-order valence-electron chi connectivity index (χ3n) is 1.33. The van der Waals surface area contributed by atoms with Crippen molar-refractivity contribution < 1.29 is 4.42 Å². The van der Waals surface area contributed by atoms with Crippen molar-refractivity contribution in [3.63, 3.8) is 0 Å². The molecule has 0 amide bonds. The van der Waals surface area contributed by atoms with Gasteiger partial charge in [0, 0.05) is 0 Å². The molecule has 3 heteroatoms. The average molecular weight is 225 g/mol. The summed E-state index contributed by atoms with van der Waals surface area (Å²) in [5.74, 6) is -0.402. The maximum Gasteiger partial charge on any atom is 0.417 e. The van der Waals surface area contributed by atoms with Crippen LogP contribution in [0.4, 0.5) is 0 Å². The van der Waals surface area contributed by atoms with E-state index >= 15 is 0 Å². The minimum Gasteiger partial charge on any atom is -0.408 e. The third kappa shape index (κ3) is 5.39. The Morgan fingerprint density at radius 3 is 1.94 bits per heavy atom. The molecule has 0 radical (unpaired) electrons. The fraction of sp³-hybridized carbons (Fsp3) is 0.462. The Bertz CT molecular complexity index is 365. The number of rotatable bonds is 0. The molecule has 92 valence electrons. The van der Waals surface area contributed by atoms with Crippen LogP contribution in [-0.2, 0) is 0 Å². The number of hydrogen-bond donors (Lipinski definition) is 1. The molecule has 0 fully saturated rings. The van der Waals surface area contributed by atoms with E-state index in [1.165, 1.54) is 0 Å². The zero-order valence-electron chi connectivity index (χ0n) is 11.1. The van der Waals surface area contributed by atoms with Gasteiger partial charge in [0.25, 0.3) is 0 Å². The molecule has 2 aromatic rings. The lowest BCUT2D eigenvalue weighted by atomic mass is 10.3. The predicted molar refractivity (Wildman–Crippen MR) is 70.9 cm³/mol. The van der Waals surface area contributed by atoms with E-state index in [1.54, 1.807) is 12.1 Å². The van der Waals surface area contributed by atoms with Gasteiger partial charge in [0.1, 0.15) is 0 Å². The number of oxazole rings is 1. The first-order chi connectivity index (χ1) is 7.86. The van der Waals surface area contributed by atoms with Crippen molar-refractivity contribution in [2.75, 3.05) is 0 Å². The maximum atomic E-state index is 10.6. The molecule has 1 aromatic heterocycles. The fourth-order valence-electron chi connectivity index (χ4n) is 0.894. The second-order valence-corrected chi connectivity index (χ2v) is 2.01. The molecule has 0 saturated heterocycles. The number of benzene rings is 1. The molecule has 1 N–H and O–H groups in total.